The van der Waals surface area contributed by atoms with Crippen LogP contribution < -0.4 is 0 Å². The number of carbonyl (C=O) groups excluding carboxylic acids is 1. The molecule has 13 heavy (non-hydrogen) atoms. The van der Waals surface area contributed by atoms with E-state index in [1.165, 1.54) is 0 Å². The van der Waals surface area contributed by atoms with Gasteiger partial charge in [0.1, 0.15) is 6.61 Å². The molecule has 0 aromatic carbocycles. The third-order valence-corrected chi connectivity index (χ3v) is 1.61. The van der Waals surface area contributed by atoms with E-state index in [0.717, 1.165) is 17.6 Å². The zero-order valence-corrected chi connectivity index (χ0v) is 8.25. The highest BCUT2D eigenvalue weighted by atomic mass is 16.5. The van der Waals surface area contributed by atoms with E-state index in [-0.39, 0.29) is 0 Å². The van der Waals surface area contributed by atoms with E-state index in [1.54, 1.807) is 0 Å². The van der Waals surface area contributed by atoms with Crippen molar-refractivity contribution in [3.63, 3.8) is 0 Å². The predicted octanol–water partition coefficient (Wildman–Crippen LogP) is 2.63. The number of rotatable bonds is 6. The fourth-order valence-electron chi connectivity index (χ4n) is 0.754. The van der Waals surface area contributed by atoms with Crippen LogP contribution in [0.4, 0.5) is 0 Å². The van der Waals surface area contributed by atoms with E-state index in [4.69, 9.17) is 0 Å². The van der Waals surface area contributed by atoms with Crippen molar-refractivity contribution in [2.75, 3.05) is 6.61 Å². The molecule has 0 rings (SSSR count). The SMILES string of the molecule is C=C/C(C)=C/C/C=C(/C)COC=O. The molecule has 0 aromatic rings. The minimum atomic E-state index is 0.379. The van der Waals surface area contributed by atoms with Crippen molar-refractivity contribution >= 4 is 6.47 Å². The Kier molecular flexibility index (Phi) is 6.60. The molecule has 0 amide bonds. The average molecular weight is 180 g/mol. The number of allylic oxidation sites excluding steroid dienone is 4. The summed E-state index contributed by atoms with van der Waals surface area (Å²) in [5.74, 6) is 0. The lowest BCUT2D eigenvalue weighted by atomic mass is 10.2. The van der Waals surface area contributed by atoms with Crippen molar-refractivity contribution in [1.82, 2.24) is 0 Å². The topological polar surface area (TPSA) is 26.3 Å². The van der Waals surface area contributed by atoms with Crippen LogP contribution in [0.1, 0.15) is 20.3 Å². The Labute approximate surface area is 79.6 Å². The number of carbonyl (C=O) groups is 1. The van der Waals surface area contributed by atoms with E-state index >= 15 is 0 Å². The van der Waals surface area contributed by atoms with Crippen LogP contribution in [0.5, 0.6) is 0 Å². The monoisotopic (exact) mass is 180 g/mol. The number of hydrogen-bond acceptors (Lipinski definition) is 2. The van der Waals surface area contributed by atoms with Crippen LogP contribution in [0.3, 0.4) is 0 Å². The first-order chi connectivity index (χ1) is 6.20. The van der Waals surface area contributed by atoms with E-state index in [2.05, 4.69) is 17.4 Å². The molecule has 0 aromatic heterocycles. The van der Waals surface area contributed by atoms with Gasteiger partial charge in [-0.1, -0.05) is 30.4 Å². The second-order valence-corrected chi connectivity index (χ2v) is 2.85. The maximum absolute atomic E-state index is 9.86. The quantitative estimate of drug-likeness (QED) is 0.357. The molecule has 0 saturated heterocycles. The van der Waals surface area contributed by atoms with Crippen LogP contribution in [0.25, 0.3) is 0 Å². The van der Waals surface area contributed by atoms with Crippen molar-refractivity contribution in [3.05, 3.63) is 36.0 Å². The first-order valence-electron chi connectivity index (χ1n) is 4.20. The van der Waals surface area contributed by atoms with Gasteiger partial charge in [-0.3, -0.25) is 4.79 Å². The van der Waals surface area contributed by atoms with Gasteiger partial charge in [-0.25, -0.2) is 0 Å². The highest BCUT2D eigenvalue weighted by molar-refractivity contribution is 5.37. The van der Waals surface area contributed by atoms with E-state index in [1.807, 2.05) is 26.0 Å². The number of hydrogen-bond donors (Lipinski definition) is 0. The van der Waals surface area contributed by atoms with Crippen molar-refractivity contribution in [1.29, 1.82) is 0 Å². The molecule has 0 saturated carbocycles. The van der Waals surface area contributed by atoms with E-state index in [0.29, 0.717) is 13.1 Å². The lowest BCUT2D eigenvalue weighted by Gasteiger charge is -1.97. The maximum atomic E-state index is 9.86. The molecule has 0 aliphatic heterocycles. The Balaban J connectivity index is 3.82. The summed E-state index contributed by atoms with van der Waals surface area (Å²) in [7, 11) is 0. The van der Waals surface area contributed by atoms with Gasteiger partial charge in [0.2, 0.25) is 0 Å². The molecule has 0 bridgehead atoms. The molecule has 0 atom stereocenters. The molecular weight excluding hydrogens is 164 g/mol. The van der Waals surface area contributed by atoms with Crippen LogP contribution in [0.15, 0.2) is 36.0 Å². The van der Waals surface area contributed by atoms with Crippen molar-refractivity contribution in [2.45, 2.75) is 20.3 Å². The van der Waals surface area contributed by atoms with Crippen LogP contribution in [0.2, 0.25) is 0 Å². The van der Waals surface area contributed by atoms with E-state index in [9.17, 15) is 4.79 Å². The molecular formula is C11H16O2. The normalized spacial score (nSPS) is 12.5. The molecule has 0 heterocycles. The first-order valence-corrected chi connectivity index (χ1v) is 4.20. The zero-order valence-electron chi connectivity index (χ0n) is 8.25. The number of ether oxygens (including phenoxy) is 1. The summed E-state index contributed by atoms with van der Waals surface area (Å²) in [5, 5.41) is 0. The smallest absolute Gasteiger partial charge is 0.293 e. The largest absolute Gasteiger partial charge is 0.463 e. The molecule has 0 N–H and O–H groups in total. The maximum Gasteiger partial charge on any atom is 0.293 e. The van der Waals surface area contributed by atoms with Gasteiger partial charge in [0, 0.05) is 0 Å². The third kappa shape index (κ3) is 7.06. The Hall–Kier alpha value is -1.31. The summed E-state index contributed by atoms with van der Waals surface area (Å²) < 4.78 is 4.59. The fraction of sp³-hybridized carbons (Fsp3) is 0.364. The molecule has 0 aliphatic carbocycles. The Bertz CT molecular complexity index is 224. The highest BCUT2D eigenvalue weighted by Gasteiger charge is 1.87. The van der Waals surface area contributed by atoms with Crippen LogP contribution in [-0.2, 0) is 9.53 Å². The Morgan fingerprint density at radius 3 is 2.62 bits per heavy atom. The van der Waals surface area contributed by atoms with Gasteiger partial charge in [-0.2, -0.15) is 0 Å². The Morgan fingerprint density at radius 2 is 2.08 bits per heavy atom. The summed E-state index contributed by atoms with van der Waals surface area (Å²) >= 11 is 0. The van der Waals surface area contributed by atoms with Crippen molar-refractivity contribution in [3.8, 4) is 0 Å². The summed E-state index contributed by atoms with van der Waals surface area (Å²) in [4.78, 5) is 9.86. The Morgan fingerprint density at radius 1 is 1.38 bits per heavy atom. The van der Waals surface area contributed by atoms with Crippen LogP contribution in [-0.4, -0.2) is 13.1 Å². The average Bonchev–Trinajstić information content (AvgIpc) is 2.14. The van der Waals surface area contributed by atoms with Crippen molar-refractivity contribution in [2.24, 2.45) is 0 Å². The second-order valence-electron chi connectivity index (χ2n) is 2.85. The highest BCUT2D eigenvalue weighted by Crippen LogP contribution is 2.00. The van der Waals surface area contributed by atoms with Gasteiger partial charge in [-0.15, -0.1) is 0 Å². The zero-order chi connectivity index (χ0) is 10.1. The van der Waals surface area contributed by atoms with Gasteiger partial charge < -0.3 is 4.74 Å². The lowest BCUT2D eigenvalue weighted by molar-refractivity contribution is -0.127. The minimum absolute atomic E-state index is 0.379. The first kappa shape index (κ1) is 11.7. The van der Waals surface area contributed by atoms with Crippen molar-refractivity contribution < 1.29 is 9.53 Å². The molecule has 2 nitrogen and oxygen atoms in total. The molecule has 0 fully saturated rings. The van der Waals surface area contributed by atoms with Gasteiger partial charge in [-0.05, 0) is 25.8 Å². The van der Waals surface area contributed by atoms with Gasteiger partial charge in [0.15, 0.2) is 0 Å². The minimum Gasteiger partial charge on any atom is -0.463 e. The predicted molar refractivity (Wildman–Crippen MR) is 54.3 cm³/mol. The molecule has 0 radical (unpaired) electrons. The molecule has 0 unspecified atom stereocenters. The molecule has 0 spiro atoms. The summed E-state index contributed by atoms with van der Waals surface area (Å²) in [6, 6.07) is 0. The second kappa shape index (κ2) is 7.35. The van der Waals surface area contributed by atoms with Gasteiger partial charge >= 0.3 is 0 Å². The van der Waals surface area contributed by atoms with Crippen LogP contribution >= 0.6 is 0 Å². The molecule has 0 aliphatic rings. The summed E-state index contributed by atoms with van der Waals surface area (Å²) in [6.07, 6.45) is 6.75. The van der Waals surface area contributed by atoms with Gasteiger partial charge in [0.25, 0.3) is 6.47 Å². The molecule has 72 valence electrons. The van der Waals surface area contributed by atoms with E-state index < -0.39 is 0 Å². The van der Waals surface area contributed by atoms with Crippen LogP contribution in [0, 0.1) is 0 Å². The van der Waals surface area contributed by atoms with Gasteiger partial charge in [0.05, 0.1) is 0 Å². The standard InChI is InChI=1S/C11H16O2/c1-4-10(2)6-5-7-11(3)8-13-9-12/h4,6-7,9H,1,5,8H2,2-3H3/b10-6+,11-7-. The molecule has 2 heteroatoms. The fourth-order valence-corrected chi connectivity index (χ4v) is 0.754. The third-order valence-electron chi connectivity index (χ3n) is 1.61. The summed E-state index contributed by atoms with van der Waals surface area (Å²) in [5.41, 5.74) is 2.21. The summed E-state index contributed by atoms with van der Waals surface area (Å²) in [6.45, 7) is 8.42. The lowest BCUT2D eigenvalue weighted by Crippen LogP contribution is -1.92.